The first-order chi connectivity index (χ1) is 15.0. The topological polar surface area (TPSA) is 126 Å². The van der Waals surface area contributed by atoms with E-state index in [2.05, 4.69) is 20.3 Å². The molecule has 3 aromatic rings. The van der Waals surface area contributed by atoms with E-state index in [4.69, 9.17) is 19.5 Å². The van der Waals surface area contributed by atoms with Crippen LogP contribution in [0.3, 0.4) is 0 Å². The number of para-hydroxylation sites is 1. The smallest absolute Gasteiger partial charge is 0.367 e. The van der Waals surface area contributed by atoms with Crippen molar-refractivity contribution in [3.05, 3.63) is 36.7 Å². The molecule has 0 radical (unpaired) electrons. The van der Waals surface area contributed by atoms with E-state index in [1.807, 2.05) is 13.0 Å². The number of nitrogens with one attached hydrogen (secondary N) is 1. The maximum absolute atomic E-state index is 13.9. The van der Waals surface area contributed by atoms with Gasteiger partial charge in [0.05, 0.1) is 19.0 Å². The Kier molecular flexibility index (Phi) is 8.16. The Morgan fingerprint density at radius 3 is 2.74 bits per heavy atom. The van der Waals surface area contributed by atoms with E-state index in [1.54, 1.807) is 31.3 Å². The van der Waals surface area contributed by atoms with Gasteiger partial charge in [0.1, 0.15) is 12.4 Å². The number of hydrogen-bond donors (Lipinski definition) is 2. The average Bonchev–Trinajstić information content (AvgIpc) is 3.19. The molecule has 10 nitrogen and oxygen atoms in total. The number of nitrogens with two attached hydrogens (primary N) is 1. The molecule has 2 aromatic heterocycles. The van der Waals surface area contributed by atoms with E-state index in [0.29, 0.717) is 29.2 Å². The largest absolute Gasteiger partial charge is 0.426 e. The molecular weight excluding hydrogens is 426 g/mol. The van der Waals surface area contributed by atoms with Crippen LogP contribution < -0.4 is 15.6 Å². The molecule has 1 unspecified atom stereocenters. The van der Waals surface area contributed by atoms with E-state index < -0.39 is 27.3 Å². The van der Waals surface area contributed by atoms with Crippen LogP contribution in [0.25, 0.3) is 11.2 Å². The zero-order valence-electron chi connectivity index (χ0n) is 17.3. The molecule has 3 rings (SSSR count). The number of fused-ring (bicyclic) bond motifs is 1. The Hall–Kier alpha value is -2.75. The van der Waals surface area contributed by atoms with Crippen molar-refractivity contribution in [3.63, 3.8) is 0 Å². The number of rotatable bonds is 12. The Morgan fingerprint density at radius 1 is 1.29 bits per heavy atom. The van der Waals surface area contributed by atoms with Crippen LogP contribution in [0.4, 0.5) is 16.2 Å². The summed E-state index contributed by atoms with van der Waals surface area (Å²) in [6.45, 7) is 1.12. The standard InChI is InChI=1S/C19H26FN6O4P/c1-3-7-14(11-28-31(27)30-13-8-5-4-6-9-13)29-15(10-20)26-12-23-16-17(22-2)24-19(21)25-18(16)26/h4-6,8-9,12,14-15,31H,3,7,10-11H2,1-2H3,(H3,21,22,24,25)/t14-,15+/m0/s1. The molecule has 0 aliphatic rings. The van der Waals surface area contributed by atoms with Gasteiger partial charge in [0.15, 0.2) is 23.2 Å². The highest BCUT2D eigenvalue weighted by Gasteiger charge is 2.23. The number of hydrogen-bond acceptors (Lipinski definition) is 9. The monoisotopic (exact) mass is 452 g/mol. The Bertz CT molecular complexity index is 1010. The van der Waals surface area contributed by atoms with Crippen LogP contribution in [0.1, 0.15) is 26.0 Å². The van der Waals surface area contributed by atoms with Crippen molar-refractivity contribution >= 4 is 31.2 Å². The summed E-state index contributed by atoms with van der Waals surface area (Å²) in [6, 6.07) is 8.73. The minimum atomic E-state index is -2.79. The molecule has 0 saturated carbocycles. The zero-order valence-corrected chi connectivity index (χ0v) is 18.3. The molecule has 0 saturated heterocycles. The molecule has 12 heteroatoms. The number of halogens is 1. The summed E-state index contributed by atoms with van der Waals surface area (Å²) in [5.41, 5.74) is 6.55. The third-order valence-electron chi connectivity index (χ3n) is 4.41. The van der Waals surface area contributed by atoms with Crippen LogP contribution in [0.15, 0.2) is 36.7 Å². The van der Waals surface area contributed by atoms with Crippen molar-refractivity contribution in [2.75, 3.05) is 31.4 Å². The Balaban J connectivity index is 1.70. The number of ether oxygens (including phenoxy) is 1. The van der Waals surface area contributed by atoms with Crippen LogP contribution in [-0.2, 0) is 13.8 Å². The van der Waals surface area contributed by atoms with Crippen molar-refractivity contribution in [2.24, 2.45) is 0 Å². The molecule has 3 N–H and O–H groups in total. The average molecular weight is 452 g/mol. The first kappa shape index (κ1) is 22.9. The van der Waals surface area contributed by atoms with Gasteiger partial charge >= 0.3 is 8.25 Å². The van der Waals surface area contributed by atoms with E-state index in [1.165, 1.54) is 10.9 Å². The molecular formula is C19H26FN6O4P. The van der Waals surface area contributed by atoms with Crippen LogP contribution in [0.2, 0.25) is 0 Å². The van der Waals surface area contributed by atoms with Gasteiger partial charge in [-0.25, -0.2) is 13.9 Å². The Labute approximate surface area is 179 Å². The van der Waals surface area contributed by atoms with Gasteiger partial charge in [-0.2, -0.15) is 9.97 Å². The molecule has 31 heavy (non-hydrogen) atoms. The molecule has 0 bridgehead atoms. The lowest BCUT2D eigenvalue weighted by molar-refractivity contribution is -0.0816. The molecule has 3 atom stereocenters. The van der Waals surface area contributed by atoms with E-state index in [0.717, 1.165) is 6.42 Å². The molecule has 0 fully saturated rings. The number of alkyl halides is 1. The highest BCUT2D eigenvalue weighted by molar-refractivity contribution is 7.33. The molecule has 0 spiro atoms. The van der Waals surface area contributed by atoms with Crippen molar-refractivity contribution in [1.82, 2.24) is 19.5 Å². The van der Waals surface area contributed by atoms with Crippen LogP contribution in [0, 0.1) is 0 Å². The van der Waals surface area contributed by atoms with Crippen LogP contribution in [-0.4, -0.2) is 46.0 Å². The summed E-state index contributed by atoms with van der Waals surface area (Å²) in [7, 11) is -1.11. The molecule has 0 aliphatic carbocycles. The van der Waals surface area contributed by atoms with Gasteiger partial charge in [0.2, 0.25) is 5.95 Å². The number of aromatic nitrogens is 4. The number of benzene rings is 1. The predicted molar refractivity (Wildman–Crippen MR) is 116 cm³/mol. The van der Waals surface area contributed by atoms with Crippen molar-refractivity contribution in [3.8, 4) is 5.75 Å². The van der Waals surface area contributed by atoms with Crippen molar-refractivity contribution < 1.29 is 22.7 Å². The zero-order chi connectivity index (χ0) is 22.2. The van der Waals surface area contributed by atoms with Gasteiger partial charge in [0, 0.05) is 7.05 Å². The summed E-state index contributed by atoms with van der Waals surface area (Å²) in [6.07, 6.45) is 1.23. The summed E-state index contributed by atoms with van der Waals surface area (Å²) in [5, 5.41) is 2.89. The number of nitrogen functional groups attached to an aromatic ring is 1. The summed E-state index contributed by atoms with van der Waals surface area (Å²) >= 11 is 0. The number of nitrogens with zero attached hydrogens (tertiary/aromatic N) is 4. The fourth-order valence-corrected chi connectivity index (χ4v) is 3.71. The van der Waals surface area contributed by atoms with Crippen molar-refractivity contribution in [1.29, 1.82) is 0 Å². The fraction of sp³-hybridized carbons (Fsp3) is 0.421. The number of imidazole rings is 1. The van der Waals surface area contributed by atoms with Gasteiger partial charge in [-0.3, -0.25) is 9.09 Å². The minimum Gasteiger partial charge on any atom is -0.426 e. The number of anilines is 2. The highest BCUT2D eigenvalue weighted by atomic mass is 31.1. The second-order valence-electron chi connectivity index (χ2n) is 6.64. The fourth-order valence-electron chi connectivity index (χ4n) is 3.00. The lowest BCUT2D eigenvalue weighted by Crippen LogP contribution is -2.26. The normalized spacial score (nSPS) is 14.3. The SMILES string of the molecule is CCC[C@@H](CO[PH](=O)Oc1ccccc1)O[C@H](CF)n1cnc2c(NC)nc(N)nc21. The molecule has 2 heterocycles. The molecule has 1 aromatic carbocycles. The molecule has 0 amide bonds. The molecule has 0 aliphatic heterocycles. The maximum atomic E-state index is 13.9. The third-order valence-corrected chi connectivity index (χ3v) is 5.21. The first-order valence-corrected chi connectivity index (χ1v) is 11.1. The van der Waals surface area contributed by atoms with Gasteiger partial charge < -0.3 is 20.3 Å². The second kappa shape index (κ2) is 11.0. The summed E-state index contributed by atoms with van der Waals surface area (Å²) < 4.78 is 44.1. The molecule has 168 valence electrons. The van der Waals surface area contributed by atoms with Crippen LogP contribution in [0.5, 0.6) is 5.75 Å². The quantitative estimate of drug-likeness (QED) is 0.396. The van der Waals surface area contributed by atoms with Crippen LogP contribution >= 0.6 is 8.25 Å². The predicted octanol–water partition coefficient (Wildman–Crippen LogP) is 3.59. The lowest BCUT2D eigenvalue weighted by atomic mass is 10.2. The van der Waals surface area contributed by atoms with E-state index in [9.17, 15) is 8.96 Å². The minimum absolute atomic E-state index is 0.0134. The lowest BCUT2D eigenvalue weighted by Gasteiger charge is -2.24. The highest BCUT2D eigenvalue weighted by Crippen LogP contribution is 2.29. The maximum Gasteiger partial charge on any atom is 0.367 e. The third kappa shape index (κ3) is 5.90. The van der Waals surface area contributed by atoms with Gasteiger partial charge in [-0.15, -0.1) is 0 Å². The summed E-state index contributed by atoms with van der Waals surface area (Å²) in [4.78, 5) is 12.5. The second-order valence-corrected chi connectivity index (χ2v) is 7.63. The summed E-state index contributed by atoms with van der Waals surface area (Å²) in [5.74, 6) is 0.911. The Morgan fingerprint density at radius 2 is 2.06 bits per heavy atom. The van der Waals surface area contributed by atoms with Gasteiger partial charge in [-0.1, -0.05) is 31.5 Å². The van der Waals surface area contributed by atoms with Gasteiger partial charge in [-0.05, 0) is 18.6 Å². The van der Waals surface area contributed by atoms with E-state index >= 15 is 0 Å². The van der Waals surface area contributed by atoms with Gasteiger partial charge in [0.25, 0.3) is 0 Å². The first-order valence-electron chi connectivity index (χ1n) is 9.84. The van der Waals surface area contributed by atoms with E-state index in [-0.39, 0.29) is 12.6 Å². The van der Waals surface area contributed by atoms with Crippen molar-refractivity contribution in [2.45, 2.75) is 32.1 Å².